The van der Waals surface area contributed by atoms with Gasteiger partial charge in [-0.05, 0) is 36.3 Å². The van der Waals surface area contributed by atoms with Gasteiger partial charge in [0.15, 0.2) is 5.11 Å². The van der Waals surface area contributed by atoms with Crippen LogP contribution in [0.2, 0.25) is 0 Å². The fraction of sp³-hybridized carbons (Fsp3) is 0.375. The zero-order valence-corrected chi connectivity index (χ0v) is 18.6. The van der Waals surface area contributed by atoms with Gasteiger partial charge in [-0.3, -0.25) is 9.59 Å². The summed E-state index contributed by atoms with van der Waals surface area (Å²) in [5, 5.41) is 6.01. The number of carbonyl (C=O) groups is 2. The SMILES string of the molecule is CCCCCCCC(=O)NC(=S)N(C)c1ccccc1C(=O)NCc1ccccc1. The van der Waals surface area contributed by atoms with Gasteiger partial charge in [0.25, 0.3) is 5.91 Å². The van der Waals surface area contributed by atoms with Gasteiger partial charge < -0.3 is 15.5 Å². The summed E-state index contributed by atoms with van der Waals surface area (Å²) < 4.78 is 0. The van der Waals surface area contributed by atoms with E-state index >= 15 is 0 Å². The van der Waals surface area contributed by atoms with Crippen molar-refractivity contribution in [2.45, 2.75) is 52.0 Å². The van der Waals surface area contributed by atoms with E-state index in [1.54, 1.807) is 18.0 Å². The van der Waals surface area contributed by atoms with Crippen LogP contribution in [0.15, 0.2) is 54.6 Å². The van der Waals surface area contributed by atoms with Gasteiger partial charge in [-0.1, -0.05) is 75.1 Å². The van der Waals surface area contributed by atoms with Gasteiger partial charge in [-0.15, -0.1) is 0 Å². The van der Waals surface area contributed by atoms with Gasteiger partial charge >= 0.3 is 0 Å². The lowest BCUT2D eigenvalue weighted by Gasteiger charge is -2.23. The van der Waals surface area contributed by atoms with Gasteiger partial charge in [-0.2, -0.15) is 0 Å². The Bertz CT molecular complexity index is 839. The molecule has 6 heteroatoms. The highest BCUT2D eigenvalue weighted by Crippen LogP contribution is 2.19. The van der Waals surface area contributed by atoms with Crippen LogP contribution in [0.4, 0.5) is 5.69 Å². The molecule has 0 radical (unpaired) electrons. The van der Waals surface area contributed by atoms with Crippen molar-refractivity contribution in [1.29, 1.82) is 0 Å². The van der Waals surface area contributed by atoms with Crippen molar-refractivity contribution >= 4 is 34.8 Å². The largest absolute Gasteiger partial charge is 0.348 e. The van der Waals surface area contributed by atoms with Crippen LogP contribution in [0.3, 0.4) is 0 Å². The molecule has 30 heavy (non-hydrogen) atoms. The molecule has 2 aromatic carbocycles. The summed E-state index contributed by atoms with van der Waals surface area (Å²) in [6, 6.07) is 17.0. The number of benzene rings is 2. The summed E-state index contributed by atoms with van der Waals surface area (Å²) in [5.41, 5.74) is 2.18. The monoisotopic (exact) mass is 425 g/mol. The number of nitrogens with zero attached hydrogens (tertiary/aromatic N) is 1. The topological polar surface area (TPSA) is 61.4 Å². The number of unbranched alkanes of at least 4 members (excludes halogenated alkanes) is 4. The molecule has 2 rings (SSSR count). The Hall–Kier alpha value is -2.73. The Morgan fingerprint density at radius 3 is 2.33 bits per heavy atom. The zero-order chi connectivity index (χ0) is 21.8. The highest BCUT2D eigenvalue weighted by atomic mass is 32.1. The molecule has 0 aliphatic rings. The molecule has 0 fully saturated rings. The van der Waals surface area contributed by atoms with E-state index in [-0.39, 0.29) is 16.9 Å². The lowest BCUT2D eigenvalue weighted by Crippen LogP contribution is -2.41. The number of rotatable bonds is 10. The maximum atomic E-state index is 12.7. The average Bonchev–Trinajstić information content (AvgIpc) is 2.77. The van der Waals surface area contributed by atoms with Gasteiger partial charge in [0.05, 0.1) is 11.3 Å². The first-order valence-electron chi connectivity index (χ1n) is 10.5. The molecule has 0 aliphatic carbocycles. The lowest BCUT2D eigenvalue weighted by atomic mass is 10.1. The molecule has 0 saturated heterocycles. The predicted molar refractivity (Wildman–Crippen MR) is 127 cm³/mol. The summed E-state index contributed by atoms with van der Waals surface area (Å²) in [6.07, 6.45) is 5.90. The van der Waals surface area contributed by atoms with Crippen LogP contribution in [-0.2, 0) is 11.3 Å². The molecule has 0 heterocycles. The van der Waals surface area contributed by atoms with Crippen LogP contribution < -0.4 is 15.5 Å². The molecule has 0 unspecified atom stereocenters. The second-order valence-electron chi connectivity index (χ2n) is 7.26. The predicted octanol–water partition coefficient (Wildman–Crippen LogP) is 4.81. The van der Waals surface area contributed by atoms with Gasteiger partial charge in [0.2, 0.25) is 5.91 Å². The van der Waals surface area contributed by atoms with E-state index in [4.69, 9.17) is 12.2 Å². The smallest absolute Gasteiger partial charge is 0.253 e. The second-order valence-corrected chi connectivity index (χ2v) is 7.65. The van der Waals surface area contributed by atoms with Gasteiger partial charge in [0.1, 0.15) is 0 Å². The summed E-state index contributed by atoms with van der Waals surface area (Å²) >= 11 is 5.41. The van der Waals surface area contributed by atoms with E-state index in [1.807, 2.05) is 48.5 Å². The minimum atomic E-state index is -0.189. The number of thiocarbonyl (C=S) groups is 1. The Kier molecular flexibility index (Phi) is 10.0. The standard InChI is InChI=1S/C24H31N3O2S/c1-3-4-5-6-10-17-22(28)26-24(30)27(2)21-16-12-11-15-20(21)23(29)25-18-19-13-8-7-9-14-19/h7-9,11-16H,3-6,10,17-18H2,1-2H3,(H,25,29)(H,26,28,30). The van der Waals surface area contributed by atoms with E-state index in [2.05, 4.69) is 17.6 Å². The van der Waals surface area contributed by atoms with Gasteiger partial charge in [-0.25, -0.2) is 0 Å². The highest BCUT2D eigenvalue weighted by Gasteiger charge is 2.17. The number of carbonyl (C=O) groups excluding carboxylic acids is 2. The summed E-state index contributed by atoms with van der Waals surface area (Å²) in [6.45, 7) is 2.61. The molecule has 160 valence electrons. The number of para-hydroxylation sites is 1. The van der Waals surface area contributed by atoms with Crippen molar-refractivity contribution in [2.24, 2.45) is 0 Å². The van der Waals surface area contributed by atoms with Crippen LogP contribution >= 0.6 is 12.2 Å². The normalized spacial score (nSPS) is 10.3. The fourth-order valence-electron chi connectivity index (χ4n) is 3.10. The molecular formula is C24H31N3O2S. The molecule has 0 spiro atoms. The number of anilines is 1. The van der Waals surface area contributed by atoms with E-state index in [0.29, 0.717) is 24.2 Å². The van der Waals surface area contributed by atoms with Gasteiger partial charge in [0, 0.05) is 20.0 Å². The summed E-state index contributed by atoms with van der Waals surface area (Å²) in [4.78, 5) is 26.6. The van der Waals surface area contributed by atoms with Crippen LogP contribution in [-0.4, -0.2) is 24.0 Å². The van der Waals surface area contributed by atoms with Crippen LogP contribution in [0.25, 0.3) is 0 Å². The van der Waals surface area contributed by atoms with Crippen molar-refractivity contribution in [3.63, 3.8) is 0 Å². The molecule has 2 aromatic rings. The van der Waals surface area contributed by atoms with Crippen molar-refractivity contribution in [1.82, 2.24) is 10.6 Å². The molecule has 0 atom stereocenters. The first kappa shape index (κ1) is 23.5. The maximum absolute atomic E-state index is 12.7. The molecule has 2 N–H and O–H groups in total. The third-order valence-electron chi connectivity index (χ3n) is 4.86. The minimum Gasteiger partial charge on any atom is -0.348 e. The molecule has 0 aliphatic heterocycles. The fourth-order valence-corrected chi connectivity index (χ4v) is 3.31. The molecule has 0 aromatic heterocycles. The van der Waals surface area contributed by atoms with Crippen molar-refractivity contribution in [3.8, 4) is 0 Å². The minimum absolute atomic E-state index is 0.0886. The first-order valence-corrected chi connectivity index (χ1v) is 10.9. The van der Waals surface area contributed by atoms with E-state index in [9.17, 15) is 9.59 Å². The Morgan fingerprint density at radius 2 is 1.60 bits per heavy atom. The maximum Gasteiger partial charge on any atom is 0.253 e. The molecule has 5 nitrogen and oxygen atoms in total. The molecule has 0 saturated carbocycles. The number of hydrogen-bond acceptors (Lipinski definition) is 3. The third-order valence-corrected chi connectivity index (χ3v) is 5.24. The molecule has 0 bridgehead atoms. The summed E-state index contributed by atoms with van der Waals surface area (Å²) in [5.74, 6) is -0.277. The average molecular weight is 426 g/mol. The quantitative estimate of drug-likeness (QED) is 0.423. The molecule has 2 amide bonds. The number of nitrogens with one attached hydrogen (secondary N) is 2. The number of amides is 2. The van der Waals surface area contributed by atoms with Crippen molar-refractivity contribution < 1.29 is 9.59 Å². The highest BCUT2D eigenvalue weighted by molar-refractivity contribution is 7.80. The first-order chi connectivity index (χ1) is 14.5. The Labute approximate surface area is 184 Å². The van der Waals surface area contributed by atoms with E-state index in [0.717, 1.165) is 24.8 Å². The van der Waals surface area contributed by atoms with Crippen molar-refractivity contribution in [2.75, 3.05) is 11.9 Å². The third kappa shape index (κ3) is 7.59. The van der Waals surface area contributed by atoms with Crippen molar-refractivity contribution in [3.05, 3.63) is 65.7 Å². The summed E-state index contributed by atoms with van der Waals surface area (Å²) in [7, 11) is 1.76. The Balaban J connectivity index is 1.93. The zero-order valence-electron chi connectivity index (χ0n) is 17.8. The Morgan fingerprint density at radius 1 is 0.933 bits per heavy atom. The van der Waals surface area contributed by atoms with E-state index in [1.165, 1.54) is 12.8 Å². The van der Waals surface area contributed by atoms with Crippen LogP contribution in [0.1, 0.15) is 61.4 Å². The van der Waals surface area contributed by atoms with Crippen LogP contribution in [0.5, 0.6) is 0 Å². The molecular weight excluding hydrogens is 394 g/mol. The van der Waals surface area contributed by atoms with E-state index < -0.39 is 0 Å². The lowest BCUT2D eigenvalue weighted by molar-refractivity contribution is -0.119. The van der Waals surface area contributed by atoms with Crippen LogP contribution in [0, 0.1) is 0 Å². The number of hydrogen-bond donors (Lipinski definition) is 2. The second kappa shape index (κ2) is 12.8.